The Kier molecular flexibility index (Phi) is 5.42. The second-order valence-corrected chi connectivity index (χ2v) is 6.52. The number of nitrogens with one attached hydrogen (secondary N) is 1. The Bertz CT molecular complexity index is 219. The summed E-state index contributed by atoms with van der Waals surface area (Å²) in [5, 5.41) is 3.53. The van der Waals surface area contributed by atoms with E-state index in [4.69, 9.17) is 4.74 Å². The number of hydrogen-bond donors (Lipinski definition) is 1. The Morgan fingerprint density at radius 3 is 2.47 bits per heavy atom. The monoisotopic (exact) mass is 242 g/mol. The summed E-state index contributed by atoms with van der Waals surface area (Å²) >= 11 is 0. The fourth-order valence-electron chi connectivity index (χ4n) is 2.34. The molecule has 102 valence electrons. The molecular formula is C14H30N2O. The van der Waals surface area contributed by atoms with Crippen molar-refractivity contribution in [3.05, 3.63) is 0 Å². The molecule has 0 bridgehead atoms. The summed E-state index contributed by atoms with van der Waals surface area (Å²) in [4.78, 5) is 2.50. The summed E-state index contributed by atoms with van der Waals surface area (Å²) in [7, 11) is 2.24. The average molecular weight is 242 g/mol. The van der Waals surface area contributed by atoms with Gasteiger partial charge in [0.05, 0.1) is 13.2 Å². The zero-order valence-corrected chi connectivity index (χ0v) is 12.4. The minimum atomic E-state index is 0.333. The highest BCUT2D eigenvalue weighted by molar-refractivity contribution is 4.83. The van der Waals surface area contributed by atoms with Gasteiger partial charge in [0.1, 0.15) is 0 Å². The molecule has 1 N–H and O–H groups in total. The Morgan fingerprint density at radius 1 is 1.35 bits per heavy atom. The van der Waals surface area contributed by atoms with E-state index in [2.05, 4.69) is 51.9 Å². The van der Waals surface area contributed by atoms with Gasteiger partial charge in [0.15, 0.2) is 0 Å². The number of morpholine rings is 1. The van der Waals surface area contributed by atoms with Crippen molar-refractivity contribution < 1.29 is 4.74 Å². The maximum absolute atomic E-state index is 5.51. The van der Waals surface area contributed by atoms with Crippen LogP contribution in [0.15, 0.2) is 0 Å². The first-order chi connectivity index (χ1) is 7.82. The molecule has 1 aliphatic heterocycles. The van der Waals surface area contributed by atoms with Crippen molar-refractivity contribution in [2.75, 3.05) is 26.8 Å². The van der Waals surface area contributed by atoms with E-state index in [0.29, 0.717) is 23.5 Å². The molecule has 17 heavy (non-hydrogen) atoms. The number of nitrogens with zero attached hydrogens (tertiary/aromatic N) is 1. The van der Waals surface area contributed by atoms with Gasteiger partial charge in [0.25, 0.3) is 0 Å². The molecule has 0 aliphatic carbocycles. The summed E-state index contributed by atoms with van der Waals surface area (Å²) in [6, 6.07) is 1.69. The molecule has 0 saturated carbocycles. The van der Waals surface area contributed by atoms with Crippen molar-refractivity contribution in [3.8, 4) is 0 Å². The predicted octanol–water partition coefficient (Wildman–Crippen LogP) is 2.12. The molecule has 3 nitrogen and oxygen atoms in total. The van der Waals surface area contributed by atoms with Crippen LogP contribution in [-0.2, 0) is 4.74 Å². The Labute approximate surface area is 107 Å². The van der Waals surface area contributed by atoms with Crippen molar-refractivity contribution in [2.45, 2.75) is 59.2 Å². The van der Waals surface area contributed by atoms with E-state index in [0.717, 1.165) is 26.2 Å². The summed E-state index contributed by atoms with van der Waals surface area (Å²) in [5.41, 5.74) is 0.333. The summed E-state index contributed by atoms with van der Waals surface area (Å²) in [5.74, 6) is 0. The molecule has 0 amide bonds. The van der Waals surface area contributed by atoms with Gasteiger partial charge < -0.3 is 15.0 Å². The van der Waals surface area contributed by atoms with Crippen LogP contribution in [0.2, 0.25) is 0 Å². The van der Waals surface area contributed by atoms with Gasteiger partial charge in [-0.15, -0.1) is 0 Å². The summed E-state index contributed by atoms with van der Waals surface area (Å²) < 4.78 is 5.51. The SMILES string of the molecule is CC(CC1COCCN1)N(C)C(C)C(C)(C)C. The predicted molar refractivity (Wildman–Crippen MR) is 73.4 cm³/mol. The normalized spacial score (nSPS) is 25.9. The van der Waals surface area contributed by atoms with Gasteiger partial charge in [-0.1, -0.05) is 20.8 Å². The highest BCUT2D eigenvalue weighted by Gasteiger charge is 2.28. The topological polar surface area (TPSA) is 24.5 Å². The molecule has 0 radical (unpaired) electrons. The molecule has 0 aromatic carbocycles. The van der Waals surface area contributed by atoms with E-state index in [1.54, 1.807) is 0 Å². The smallest absolute Gasteiger partial charge is 0.0620 e. The maximum atomic E-state index is 5.51. The highest BCUT2D eigenvalue weighted by atomic mass is 16.5. The first-order valence-electron chi connectivity index (χ1n) is 6.85. The van der Waals surface area contributed by atoms with Gasteiger partial charge in [-0.25, -0.2) is 0 Å². The second kappa shape index (κ2) is 6.17. The first-order valence-corrected chi connectivity index (χ1v) is 6.85. The fraction of sp³-hybridized carbons (Fsp3) is 1.00. The minimum Gasteiger partial charge on any atom is -0.379 e. The third-order valence-corrected chi connectivity index (χ3v) is 4.18. The number of hydrogen-bond acceptors (Lipinski definition) is 3. The van der Waals surface area contributed by atoms with Gasteiger partial charge in [0.2, 0.25) is 0 Å². The number of rotatable bonds is 4. The van der Waals surface area contributed by atoms with E-state index in [1.807, 2.05) is 0 Å². The molecule has 1 heterocycles. The van der Waals surface area contributed by atoms with Crippen LogP contribution in [0.25, 0.3) is 0 Å². The zero-order chi connectivity index (χ0) is 13.1. The Morgan fingerprint density at radius 2 is 2.00 bits per heavy atom. The van der Waals surface area contributed by atoms with Crippen LogP contribution in [0.3, 0.4) is 0 Å². The van der Waals surface area contributed by atoms with Crippen molar-refractivity contribution >= 4 is 0 Å². The molecule has 0 aromatic heterocycles. The van der Waals surface area contributed by atoms with Crippen molar-refractivity contribution in [2.24, 2.45) is 5.41 Å². The first kappa shape index (κ1) is 14.9. The van der Waals surface area contributed by atoms with Gasteiger partial charge in [-0.2, -0.15) is 0 Å². The largest absolute Gasteiger partial charge is 0.379 e. The van der Waals surface area contributed by atoms with Crippen LogP contribution in [0.4, 0.5) is 0 Å². The van der Waals surface area contributed by atoms with Crippen LogP contribution < -0.4 is 5.32 Å². The quantitative estimate of drug-likeness (QED) is 0.817. The molecule has 1 aliphatic rings. The molecule has 1 rings (SSSR count). The van der Waals surface area contributed by atoms with Crippen LogP contribution in [0.1, 0.15) is 41.0 Å². The lowest BCUT2D eigenvalue weighted by atomic mass is 9.86. The van der Waals surface area contributed by atoms with Gasteiger partial charge in [-0.3, -0.25) is 0 Å². The average Bonchev–Trinajstić information content (AvgIpc) is 2.27. The van der Waals surface area contributed by atoms with Crippen molar-refractivity contribution in [3.63, 3.8) is 0 Å². The molecule has 3 atom stereocenters. The van der Waals surface area contributed by atoms with E-state index < -0.39 is 0 Å². The lowest BCUT2D eigenvalue weighted by Gasteiger charge is -2.40. The van der Waals surface area contributed by atoms with Crippen LogP contribution in [-0.4, -0.2) is 49.8 Å². The van der Waals surface area contributed by atoms with Gasteiger partial charge in [0, 0.05) is 24.7 Å². The molecule has 0 aromatic rings. The van der Waals surface area contributed by atoms with E-state index in [1.165, 1.54) is 0 Å². The minimum absolute atomic E-state index is 0.333. The summed E-state index contributed by atoms with van der Waals surface area (Å²) in [6.45, 7) is 14.3. The standard InChI is InChI=1S/C14H30N2O/c1-11(9-13-10-17-8-7-15-13)16(6)12(2)14(3,4)5/h11-13,15H,7-10H2,1-6H3. The Hall–Kier alpha value is -0.120. The molecule has 3 unspecified atom stereocenters. The lowest BCUT2D eigenvalue weighted by molar-refractivity contribution is 0.0496. The number of ether oxygens (including phenoxy) is 1. The van der Waals surface area contributed by atoms with Gasteiger partial charge in [-0.05, 0) is 32.7 Å². The lowest BCUT2D eigenvalue weighted by Crippen LogP contribution is -2.49. The molecule has 3 heteroatoms. The maximum Gasteiger partial charge on any atom is 0.0620 e. The Balaban J connectivity index is 2.42. The van der Waals surface area contributed by atoms with Gasteiger partial charge >= 0.3 is 0 Å². The second-order valence-electron chi connectivity index (χ2n) is 6.52. The highest BCUT2D eigenvalue weighted by Crippen LogP contribution is 2.25. The molecule has 1 fully saturated rings. The zero-order valence-electron chi connectivity index (χ0n) is 12.4. The molecule has 1 saturated heterocycles. The van der Waals surface area contributed by atoms with E-state index in [9.17, 15) is 0 Å². The molecular weight excluding hydrogens is 212 g/mol. The van der Waals surface area contributed by atoms with E-state index in [-0.39, 0.29) is 0 Å². The van der Waals surface area contributed by atoms with Crippen LogP contribution >= 0.6 is 0 Å². The third kappa shape index (κ3) is 4.57. The molecule has 0 spiro atoms. The van der Waals surface area contributed by atoms with Crippen LogP contribution in [0, 0.1) is 5.41 Å². The van der Waals surface area contributed by atoms with Crippen molar-refractivity contribution in [1.82, 2.24) is 10.2 Å². The summed E-state index contributed by atoms with van der Waals surface area (Å²) in [6.07, 6.45) is 1.16. The van der Waals surface area contributed by atoms with Crippen LogP contribution in [0.5, 0.6) is 0 Å². The fourth-order valence-corrected chi connectivity index (χ4v) is 2.34. The van der Waals surface area contributed by atoms with Crippen molar-refractivity contribution in [1.29, 1.82) is 0 Å². The third-order valence-electron chi connectivity index (χ3n) is 4.18. The van der Waals surface area contributed by atoms with E-state index >= 15 is 0 Å².